The molecule has 2 atom stereocenters. The van der Waals surface area contributed by atoms with Crippen molar-refractivity contribution in [2.75, 3.05) is 36.5 Å². The van der Waals surface area contributed by atoms with Gasteiger partial charge >= 0.3 is 5.97 Å². The van der Waals surface area contributed by atoms with Gasteiger partial charge in [-0.1, -0.05) is 12.1 Å². The van der Waals surface area contributed by atoms with Crippen molar-refractivity contribution in [1.82, 2.24) is 4.90 Å². The molecule has 3 rings (SSSR count). The zero-order valence-corrected chi connectivity index (χ0v) is 15.2. The number of benzene rings is 1. The van der Waals surface area contributed by atoms with Gasteiger partial charge in [-0.05, 0) is 45.4 Å². The highest BCUT2D eigenvalue weighted by atomic mass is 16.5. The number of anilines is 2. The maximum atomic E-state index is 13.1. The Balaban J connectivity index is 1.73. The summed E-state index contributed by atoms with van der Waals surface area (Å²) in [7, 11) is 0. The fourth-order valence-electron chi connectivity index (χ4n) is 3.62. The number of piperidine rings is 1. The van der Waals surface area contributed by atoms with E-state index in [0.29, 0.717) is 24.5 Å². The molecule has 0 bridgehead atoms. The van der Waals surface area contributed by atoms with E-state index in [0.717, 1.165) is 19.4 Å². The minimum atomic E-state index is -0.411. The van der Waals surface area contributed by atoms with Crippen molar-refractivity contribution in [1.29, 1.82) is 0 Å². The van der Waals surface area contributed by atoms with Crippen molar-refractivity contribution in [2.24, 2.45) is 5.92 Å². The van der Waals surface area contributed by atoms with Gasteiger partial charge in [0, 0.05) is 6.54 Å². The van der Waals surface area contributed by atoms with Crippen molar-refractivity contribution < 1.29 is 19.1 Å². The first-order chi connectivity index (χ1) is 12.5. The predicted molar refractivity (Wildman–Crippen MR) is 97.8 cm³/mol. The third-order valence-electron chi connectivity index (χ3n) is 5.01. The number of hydrogen-bond donors (Lipinski definition) is 1. The fourth-order valence-corrected chi connectivity index (χ4v) is 3.62. The van der Waals surface area contributed by atoms with Crippen molar-refractivity contribution in [2.45, 2.75) is 32.7 Å². The van der Waals surface area contributed by atoms with Crippen molar-refractivity contribution in [3.63, 3.8) is 0 Å². The van der Waals surface area contributed by atoms with E-state index in [1.807, 2.05) is 30.0 Å². The highest BCUT2D eigenvalue weighted by Gasteiger charge is 2.35. The van der Waals surface area contributed by atoms with Gasteiger partial charge in [0.1, 0.15) is 6.54 Å². The average molecular weight is 359 g/mol. The Morgan fingerprint density at radius 1 is 1.35 bits per heavy atom. The summed E-state index contributed by atoms with van der Waals surface area (Å²) in [6, 6.07) is 6.88. The van der Waals surface area contributed by atoms with Crippen LogP contribution in [0.15, 0.2) is 24.3 Å². The Hall–Kier alpha value is -2.41. The Bertz CT molecular complexity index is 706. The second-order valence-corrected chi connectivity index (χ2v) is 6.75. The lowest BCUT2D eigenvalue weighted by atomic mass is 9.96. The lowest BCUT2D eigenvalue weighted by Gasteiger charge is -2.38. The first-order valence-electron chi connectivity index (χ1n) is 9.12. The normalized spacial score (nSPS) is 21.5. The zero-order valence-electron chi connectivity index (χ0n) is 15.2. The molecule has 2 heterocycles. The van der Waals surface area contributed by atoms with Gasteiger partial charge in [0.25, 0.3) is 0 Å². The number of nitrogens with one attached hydrogen (secondary N) is 1. The number of carbonyl (C=O) groups excluding carboxylic acids is 3. The molecule has 1 saturated heterocycles. The molecule has 0 unspecified atom stereocenters. The number of para-hydroxylation sites is 2. The van der Waals surface area contributed by atoms with Crippen LogP contribution in [-0.4, -0.2) is 55.0 Å². The van der Waals surface area contributed by atoms with Gasteiger partial charge in [-0.2, -0.15) is 0 Å². The number of amides is 2. The molecule has 1 aromatic carbocycles. The van der Waals surface area contributed by atoms with E-state index in [1.54, 1.807) is 13.0 Å². The largest absolute Gasteiger partial charge is 0.466 e. The number of fused-ring (bicyclic) bond motifs is 1. The van der Waals surface area contributed by atoms with E-state index in [-0.39, 0.29) is 30.2 Å². The van der Waals surface area contributed by atoms with Crippen LogP contribution in [-0.2, 0) is 19.1 Å². The van der Waals surface area contributed by atoms with Crippen LogP contribution in [0.25, 0.3) is 0 Å². The highest BCUT2D eigenvalue weighted by Crippen LogP contribution is 2.30. The molecule has 0 aliphatic carbocycles. The number of esters is 1. The van der Waals surface area contributed by atoms with Crippen LogP contribution in [0.5, 0.6) is 0 Å². The van der Waals surface area contributed by atoms with E-state index in [9.17, 15) is 14.4 Å². The molecule has 7 heteroatoms. The summed E-state index contributed by atoms with van der Waals surface area (Å²) in [5.74, 6) is -0.723. The Morgan fingerprint density at radius 2 is 2.12 bits per heavy atom. The second-order valence-electron chi connectivity index (χ2n) is 6.75. The van der Waals surface area contributed by atoms with E-state index >= 15 is 0 Å². The van der Waals surface area contributed by atoms with Crippen molar-refractivity contribution in [3.8, 4) is 0 Å². The standard InChI is InChI=1S/C19H25N3O4/c1-3-26-19(25)14-7-6-10-21(11-14)13(2)18(24)22-12-17(23)20-15-8-4-5-9-16(15)22/h4-5,8-9,13-14H,3,6-7,10-12H2,1-2H3,(H,20,23)/t13-,14+/m0/s1. The molecule has 2 aliphatic rings. The van der Waals surface area contributed by atoms with E-state index in [4.69, 9.17) is 4.74 Å². The van der Waals surface area contributed by atoms with Crippen LogP contribution >= 0.6 is 0 Å². The average Bonchev–Trinajstić information content (AvgIpc) is 2.66. The molecule has 0 aromatic heterocycles. The molecule has 0 saturated carbocycles. The number of rotatable bonds is 4. The molecule has 26 heavy (non-hydrogen) atoms. The SMILES string of the molecule is CCOC(=O)[C@@H]1CCCN([C@@H](C)C(=O)N2CC(=O)Nc3ccccc32)C1. The number of ether oxygens (including phenoxy) is 1. The van der Waals surface area contributed by atoms with Gasteiger partial charge in [-0.25, -0.2) is 0 Å². The van der Waals surface area contributed by atoms with Crippen LogP contribution in [0.2, 0.25) is 0 Å². The van der Waals surface area contributed by atoms with Crippen LogP contribution < -0.4 is 10.2 Å². The van der Waals surface area contributed by atoms with Gasteiger partial charge in [0.05, 0.1) is 29.9 Å². The molecule has 1 N–H and O–H groups in total. The van der Waals surface area contributed by atoms with Crippen LogP contribution in [0, 0.1) is 5.92 Å². The molecule has 2 amide bonds. The molecule has 1 aromatic rings. The number of hydrogen-bond acceptors (Lipinski definition) is 5. The van der Waals surface area contributed by atoms with Gasteiger partial charge in [0.2, 0.25) is 11.8 Å². The van der Waals surface area contributed by atoms with E-state index < -0.39 is 6.04 Å². The summed E-state index contributed by atoms with van der Waals surface area (Å²) < 4.78 is 5.13. The van der Waals surface area contributed by atoms with Crippen LogP contribution in [0.1, 0.15) is 26.7 Å². The molecule has 2 aliphatic heterocycles. The number of likely N-dealkylation sites (tertiary alicyclic amines) is 1. The zero-order chi connectivity index (χ0) is 18.7. The van der Waals surface area contributed by atoms with Crippen LogP contribution in [0.4, 0.5) is 11.4 Å². The minimum absolute atomic E-state index is 0.00926. The molecule has 7 nitrogen and oxygen atoms in total. The van der Waals surface area contributed by atoms with Crippen molar-refractivity contribution in [3.05, 3.63) is 24.3 Å². The van der Waals surface area contributed by atoms with Gasteiger partial charge in [-0.3, -0.25) is 24.2 Å². The van der Waals surface area contributed by atoms with E-state index in [2.05, 4.69) is 5.32 Å². The summed E-state index contributed by atoms with van der Waals surface area (Å²) in [6.07, 6.45) is 1.63. The third kappa shape index (κ3) is 3.72. The number of nitrogens with zero attached hydrogens (tertiary/aromatic N) is 2. The number of carbonyl (C=O) groups is 3. The fraction of sp³-hybridized carbons (Fsp3) is 0.526. The summed E-state index contributed by atoms with van der Waals surface area (Å²) in [5.41, 5.74) is 1.36. The van der Waals surface area contributed by atoms with Gasteiger partial charge < -0.3 is 10.1 Å². The summed E-state index contributed by atoms with van der Waals surface area (Å²) in [6.45, 7) is 5.27. The molecular weight excluding hydrogens is 334 g/mol. The quantitative estimate of drug-likeness (QED) is 0.827. The molecule has 0 spiro atoms. The molecule has 140 valence electrons. The maximum Gasteiger partial charge on any atom is 0.310 e. The first-order valence-corrected chi connectivity index (χ1v) is 9.12. The molecular formula is C19H25N3O4. The second kappa shape index (κ2) is 7.86. The summed E-state index contributed by atoms with van der Waals surface area (Å²) >= 11 is 0. The monoisotopic (exact) mass is 359 g/mol. The first kappa shape index (κ1) is 18.4. The third-order valence-corrected chi connectivity index (χ3v) is 5.01. The Morgan fingerprint density at radius 3 is 2.88 bits per heavy atom. The maximum absolute atomic E-state index is 13.1. The van der Waals surface area contributed by atoms with Crippen LogP contribution in [0.3, 0.4) is 0 Å². The summed E-state index contributed by atoms with van der Waals surface area (Å²) in [4.78, 5) is 40.7. The highest BCUT2D eigenvalue weighted by molar-refractivity contribution is 6.11. The lowest BCUT2D eigenvalue weighted by Crippen LogP contribution is -2.54. The smallest absolute Gasteiger partial charge is 0.310 e. The lowest BCUT2D eigenvalue weighted by molar-refractivity contribution is -0.150. The summed E-state index contributed by atoms with van der Waals surface area (Å²) in [5, 5.41) is 2.79. The Kier molecular flexibility index (Phi) is 5.56. The topological polar surface area (TPSA) is 79.0 Å². The molecule has 0 radical (unpaired) electrons. The van der Waals surface area contributed by atoms with E-state index in [1.165, 1.54) is 4.90 Å². The minimum Gasteiger partial charge on any atom is -0.466 e. The van der Waals surface area contributed by atoms with Gasteiger partial charge in [-0.15, -0.1) is 0 Å². The Labute approximate surface area is 153 Å². The predicted octanol–water partition coefficient (Wildman–Crippen LogP) is 1.64. The molecule has 1 fully saturated rings. The van der Waals surface area contributed by atoms with Crippen molar-refractivity contribution >= 4 is 29.2 Å². The van der Waals surface area contributed by atoms with Gasteiger partial charge in [0.15, 0.2) is 0 Å².